The largest absolute Gasteiger partial charge is 0.381 e. The second-order valence-corrected chi connectivity index (χ2v) is 4.76. The van der Waals surface area contributed by atoms with Crippen molar-refractivity contribution in [2.45, 2.75) is 38.3 Å². The predicted octanol–water partition coefficient (Wildman–Crippen LogP) is 1.24. The van der Waals surface area contributed by atoms with Crippen molar-refractivity contribution in [1.82, 2.24) is 14.8 Å². The van der Waals surface area contributed by atoms with Crippen molar-refractivity contribution >= 4 is 5.78 Å². The fourth-order valence-electron chi connectivity index (χ4n) is 2.22. The Morgan fingerprint density at radius 2 is 2.17 bits per heavy atom. The molecule has 0 aliphatic carbocycles. The van der Waals surface area contributed by atoms with Crippen molar-refractivity contribution < 1.29 is 14.3 Å². The van der Waals surface area contributed by atoms with Crippen molar-refractivity contribution in [3.63, 3.8) is 0 Å². The molecule has 2 heterocycles. The minimum atomic E-state index is -0.808. The van der Waals surface area contributed by atoms with E-state index < -0.39 is 5.60 Å². The first-order valence-electron chi connectivity index (χ1n) is 6.18. The Labute approximate surface area is 106 Å². The first-order valence-corrected chi connectivity index (χ1v) is 6.18. The van der Waals surface area contributed by atoms with E-state index >= 15 is 0 Å². The van der Waals surface area contributed by atoms with E-state index in [-0.39, 0.29) is 11.8 Å². The van der Waals surface area contributed by atoms with E-state index in [4.69, 9.17) is 9.47 Å². The van der Waals surface area contributed by atoms with Gasteiger partial charge in [-0.1, -0.05) is 0 Å². The Balaban J connectivity index is 2.31. The van der Waals surface area contributed by atoms with Gasteiger partial charge in [-0.25, -0.2) is 9.67 Å². The van der Waals surface area contributed by atoms with Gasteiger partial charge in [0.25, 0.3) is 0 Å². The molecule has 1 saturated heterocycles. The summed E-state index contributed by atoms with van der Waals surface area (Å²) < 4.78 is 12.4. The summed E-state index contributed by atoms with van der Waals surface area (Å²) in [6.45, 7) is 5.01. The number of ketones is 1. The molecule has 6 nitrogen and oxygen atoms in total. The zero-order valence-electron chi connectivity index (χ0n) is 11.0. The number of aromatic nitrogens is 3. The van der Waals surface area contributed by atoms with E-state index in [0.717, 1.165) is 0 Å². The van der Waals surface area contributed by atoms with Crippen LogP contribution in [0, 0.1) is 0 Å². The van der Waals surface area contributed by atoms with E-state index in [9.17, 15) is 4.79 Å². The summed E-state index contributed by atoms with van der Waals surface area (Å²) >= 11 is 0. The van der Waals surface area contributed by atoms with Gasteiger partial charge in [-0.3, -0.25) is 4.79 Å². The molecule has 1 aliphatic heterocycles. The van der Waals surface area contributed by atoms with Gasteiger partial charge in [-0.2, -0.15) is 5.10 Å². The van der Waals surface area contributed by atoms with Crippen LogP contribution in [0.3, 0.4) is 0 Å². The first kappa shape index (κ1) is 13.2. The second-order valence-electron chi connectivity index (χ2n) is 4.76. The second kappa shape index (κ2) is 5.16. The normalized spacial score (nSPS) is 19.1. The van der Waals surface area contributed by atoms with E-state index in [1.54, 1.807) is 11.8 Å². The van der Waals surface area contributed by atoms with Gasteiger partial charge in [0.2, 0.25) is 5.78 Å². The standard InChI is InChI=1S/C12H19N3O3/c1-9(2)15-11(13-8-14-15)10(16)12(17-3)4-6-18-7-5-12/h8-9H,4-7H2,1-3H3. The average molecular weight is 253 g/mol. The summed E-state index contributed by atoms with van der Waals surface area (Å²) in [5.41, 5.74) is -0.808. The number of hydrogen-bond acceptors (Lipinski definition) is 5. The lowest BCUT2D eigenvalue weighted by molar-refractivity contribution is -0.0670. The first-order chi connectivity index (χ1) is 8.60. The molecule has 0 bridgehead atoms. The maximum atomic E-state index is 12.6. The summed E-state index contributed by atoms with van der Waals surface area (Å²) in [6, 6.07) is 0.0974. The highest BCUT2D eigenvalue weighted by Gasteiger charge is 2.43. The van der Waals surface area contributed by atoms with Crippen molar-refractivity contribution in [2.75, 3.05) is 20.3 Å². The summed E-state index contributed by atoms with van der Waals surface area (Å²) in [6.07, 6.45) is 2.54. The minimum Gasteiger partial charge on any atom is -0.381 e. The zero-order valence-corrected chi connectivity index (χ0v) is 11.0. The quantitative estimate of drug-likeness (QED) is 0.755. The molecule has 2 rings (SSSR count). The maximum absolute atomic E-state index is 12.6. The highest BCUT2D eigenvalue weighted by molar-refractivity contribution is 5.99. The molecule has 0 atom stereocenters. The molecule has 0 aromatic carbocycles. The smallest absolute Gasteiger partial charge is 0.231 e. The van der Waals surface area contributed by atoms with Crippen molar-refractivity contribution in [1.29, 1.82) is 0 Å². The highest BCUT2D eigenvalue weighted by atomic mass is 16.5. The molecule has 1 fully saturated rings. The molecule has 0 spiro atoms. The van der Waals surface area contributed by atoms with Gasteiger partial charge >= 0.3 is 0 Å². The van der Waals surface area contributed by atoms with Gasteiger partial charge in [0.15, 0.2) is 5.82 Å². The zero-order chi connectivity index (χ0) is 13.2. The molecule has 0 N–H and O–H groups in total. The summed E-state index contributed by atoms with van der Waals surface area (Å²) in [4.78, 5) is 16.7. The number of carbonyl (C=O) groups is 1. The summed E-state index contributed by atoms with van der Waals surface area (Å²) in [5, 5.41) is 4.09. The third-order valence-electron chi connectivity index (χ3n) is 3.37. The molecule has 6 heteroatoms. The van der Waals surface area contributed by atoms with Crippen LogP contribution >= 0.6 is 0 Å². The van der Waals surface area contributed by atoms with Gasteiger partial charge in [0.05, 0.1) is 0 Å². The lowest BCUT2D eigenvalue weighted by Gasteiger charge is -2.33. The fraction of sp³-hybridized carbons (Fsp3) is 0.750. The molecule has 18 heavy (non-hydrogen) atoms. The van der Waals surface area contributed by atoms with Crippen LogP contribution in [0.15, 0.2) is 6.33 Å². The molecule has 1 aromatic heterocycles. The Kier molecular flexibility index (Phi) is 3.77. The van der Waals surface area contributed by atoms with Crippen LogP contribution in [0.5, 0.6) is 0 Å². The van der Waals surface area contributed by atoms with Crippen molar-refractivity contribution in [3.8, 4) is 0 Å². The molecule has 1 aliphatic rings. The monoisotopic (exact) mass is 253 g/mol. The Morgan fingerprint density at radius 3 is 2.72 bits per heavy atom. The molecule has 0 amide bonds. The molecular formula is C12H19N3O3. The molecule has 0 radical (unpaired) electrons. The van der Waals surface area contributed by atoms with Gasteiger partial charge in [0, 0.05) is 39.2 Å². The van der Waals surface area contributed by atoms with Crippen LogP contribution in [-0.4, -0.2) is 46.5 Å². The van der Waals surface area contributed by atoms with Gasteiger partial charge in [-0.05, 0) is 13.8 Å². The highest BCUT2D eigenvalue weighted by Crippen LogP contribution is 2.28. The Hall–Kier alpha value is -1.27. The van der Waals surface area contributed by atoms with Crippen LogP contribution in [0.25, 0.3) is 0 Å². The molecule has 0 saturated carbocycles. The van der Waals surface area contributed by atoms with E-state index in [1.165, 1.54) is 6.33 Å². The van der Waals surface area contributed by atoms with E-state index in [1.807, 2.05) is 13.8 Å². The molecular weight excluding hydrogens is 234 g/mol. The topological polar surface area (TPSA) is 66.2 Å². The SMILES string of the molecule is COC1(C(=O)c2ncnn2C(C)C)CCOCC1. The fourth-order valence-corrected chi connectivity index (χ4v) is 2.22. The molecule has 100 valence electrons. The number of methoxy groups -OCH3 is 1. The number of rotatable bonds is 4. The minimum absolute atomic E-state index is 0.0974. The van der Waals surface area contributed by atoms with Gasteiger partial charge in [-0.15, -0.1) is 0 Å². The summed E-state index contributed by atoms with van der Waals surface area (Å²) in [7, 11) is 1.57. The van der Waals surface area contributed by atoms with Crippen LogP contribution in [0.4, 0.5) is 0 Å². The van der Waals surface area contributed by atoms with Crippen LogP contribution in [0.2, 0.25) is 0 Å². The third-order valence-corrected chi connectivity index (χ3v) is 3.37. The Bertz CT molecular complexity index is 422. The van der Waals surface area contributed by atoms with Gasteiger partial charge in [0.1, 0.15) is 11.9 Å². The van der Waals surface area contributed by atoms with Gasteiger partial charge < -0.3 is 9.47 Å². The number of hydrogen-bond donors (Lipinski definition) is 0. The third kappa shape index (κ3) is 2.18. The van der Waals surface area contributed by atoms with Crippen molar-refractivity contribution in [3.05, 3.63) is 12.2 Å². The number of ether oxygens (including phenoxy) is 2. The molecule has 1 aromatic rings. The van der Waals surface area contributed by atoms with E-state index in [2.05, 4.69) is 10.1 Å². The average Bonchev–Trinajstić information content (AvgIpc) is 2.88. The number of Topliss-reactive ketones (excluding diaryl/α,β-unsaturated/α-hetero) is 1. The summed E-state index contributed by atoms with van der Waals surface area (Å²) in [5.74, 6) is 0.272. The Morgan fingerprint density at radius 1 is 1.50 bits per heavy atom. The number of nitrogens with zero attached hydrogens (tertiary/aromatic N) is 3. The maximum Gasteiger partial charge on any atom is 0.231 e. The van der Waals surface area contributed by atoms with Crippen LogP contribution in [-0.2, 0) is 9.47 Å². The lowest BCUT2D eigenvalue weighted by Crippen LogP contribution is -2.46. The lowest BCUT2D eigenvalue weighted by atomic mass is 9.88. The predicted molar refractivity (Wildman–Crippen MR) is 64.5 cm³/mol. The number of carbonyl (C=O) groups excluding carboxylic acids is 1. The van der Waals surface area contributed by atoms with Crippen LogP contribution in [0.1, 0.15) is 43.3 Å². The van der Waals surface area contributed by atoms with Crippen molar-refractivity contribution in [2.24, 2.45) is 0 Å². The van der Waals surface area contributed by atoms with E-state index in [0.29, 0.717) is 31.9 Å². The van der Waals surface area contributed by atoms with Crippen LogP contribution < -0.4 is 0 Å². The molecule has 0 unspecified atom stereocenters.